The minimum absolute atomic E-state index is 0.270. The SMILES string of the molecule is Cc1cc(C(N)=S)nc(Nc2cccc(I)c2)n1. The quantitative estimate of drug-likeness (QED) is 0.643. The standard InChI is InChI=1S/C12H11IN4S/c1-7-5-10(11(14)18)17-12(15-7)16-9-4-2-3-8(13)6-9/h2-6H,1H3,(H2,14,18)(H,15,16,17). The number of thiocarbonyl (C=S) groups is 1. The zero-order valence-electron chi connectivity index (χ0n) is 9.64. The summed E-state index contributed by atoms with van der Waals surface area (Å²) in [5.74, 6) is 0.500. The molecular weight excluding hydrogens is 359 g/mol. The third-order valence-electron chi connectivity index (χ3n) is 2.19. The second kappa shape index (κ2) is 5.57. The summed E-state index contributed by atoms with van der Waals surface area (Å²) in [6, 6.07) is 9.71. The van der Waals surface area contributed by atoms with E-state index in [-0.39, 0.29) is 4.99 Å². The summed E-state index contributed by atoms with van der Waals surface area (Å²) in [6.45, 7) is 1.88. The van der Waals surface area contributed by atoms with E-state index >= 15 is 0 Å². The van der Waals surface area contributed by atoms with Gasteiger partial charge in [-0.2, -0.15) is 0 Å². The Morgan fingerprint density at radius 3 is 2.78 bits per heavy atom. The predicted octanol–water partition coefficient (Wildman–Crippen LogP) is 2.77. The highest BCUT2D eigenvalue weighted by Gasteiger charge is 2.05. The van der Waals surface area contributed by atoms with Crippen molar-refractivity contribution in [1.29, 1.82) is 0 Å². The van der Waals surface area contributed by atoms with Gasteiger partial charge in [0, 0.05) is 15.0 Å². The molecule has 4 nitrogen and oxygen atoms in total. The van der Waals surface area contributed by atoms with Gasteiger partial charge >= 0.3 is 0 Å². The van der Waals surface area contributed by atoms with Crippen LogP contribution in [0.25, 0.3) is 0 Å². The highest BCUT2D eigenvalue weighted by molar-refractivity contribution is 14.1. The number of benzene rings is 1. The highest BCUT2D eigenvalue weighted by atomic mass is 127. The molecule has 6 heteroatoms. The van der Waals surface area contributed by atoms with Crippen LogP contribution >= 0.6 is 34.8 Å². The van der Waals surface area contributed by atoms with Gasteiger partial charge in [0.05, 0.1) is 0 Å². The molecule has 2 rings (SSSR count). The van der Waals surface area contributed by atoms with E-state index in [2.05, 4.69) is 37.9 Å². The van der Waals surface area contributed by atoms with E-state index in [1.54, 1.807) is 6.07 Å². The fourth-order valence-corrected chi connectivity index (χ4v) is 2.09. The molecule has 0 spiro atoms. The van der Waals surface area contributed by atoms with E-state index in [9.17, 15) is 0 Å². The zero-order chi connectivity index (χ0) is 13.1. The van der Waals surface area contributed by atoms with Crippen molar-refractivity contribution in [1.82, 2.24) is 9.97 Å². The lowest BCUT2D eigenvalue weighted by Crippen LogP contribution is -2.13. The molecule has 1 aromatic heterocycles. The molecule has 0 fully saturated rings. The average Bonchev–Trinajstić information content (AvgIpc) is 2.28. The monoisotopic (exact) mass is 370 g/mol. The summed E-state index contributed by atoms with van der Waals surface area (Å²) in [5, 5.41) is 3.14. The van der Waals surface area contributed by atoms with Gasteiger partial charge in [-0.3, -0.25) is 0 Å². The van der Waals surface area contributed by atoms with Crippen LogP contribution in [-0.4, -0.2) is 15.0 Å². The van der Waals surface area contributed by atoms with E-state index in [0.29, 0.717) is 11.6 Å². The first-order valence-electron chi connectivity index (χ1n) is 5.22. The van der Waals surface area contributed by atoms with Crippen molar-refractivity contribution < 1.29 is 0 Å². The number of hydrogen-bond acceptors (Lipinski definition) is 4. The van der Waals surface area contributed by atoms with E-state index in [0.717, 1.165) is 15.0 Å². The normalized spacial score (nSPS) is 10.1. The minimum atomic E-state index is 0.270. The first-order chi connectivity index (χ1) is 8.54. The summed E-state index contributed by atoms with van der Waals surface area (Å²) in [7, 11) is 0. The average molecular weight is 370 g/mol. The summed E-state index contributed by atoms with van der Waals surface area (Å²) in [4.78, 5) is 8.84. The molecular formula is C12H11IN4S. The number of rotatable bonds is 3. The van der Waals surface area contributed by atoms with Crippen molar-refractivity contribution in [2.75, 3.05) is 5.32 Å². The van der Waals surface area contributed by atoms with Crippen molar-refractivity contribution in [3.05, 3.63) is 45.3 Å². The Bertz CT molecular complexity index is 600. The molecule has 0 saturated heterocycles. The number of aryl methyl sites for hydroxylation is 1. The van der Waals surface area contributed by atoms with Crippen molar-refractivity contribution >= 4 is 51.4 Å². The van der Waals surface area contributed by atoms with Crippen LogP contribution in [0.3, 0.4) is 0 Å². The third-order valence-corrected chi connectivity index (χ3v) is 3.07. The number of hydrogen-bond donors (Lipinski definition) is 2. The molecule has 0 aliphatic heterocycles. The van der Waals surface area contributed by atoms with Crippen LogP contribution in [0, 0.1) is 10.5 Å². The second-order valence-corrected chi connectivity index (χ2v) is 5.40. The number of halogens is 1. The summed E-state index contributed by atoms with van der Waals surface area (Å²) < 4.78 is 1.14. The Labute approximate surface area is 124 Å². The van der Waals surface area contributed by atoms with Gasteiger partial charge < -0.3 is 11.1 Å². The lowest BCUT2D eigenvalue weighted by molar-refractivity contribution is 1.09. The minimum Gasteiger partial charge on any atom is -0.388 e. The van der Waals surface area contributed by atoms with Crippen LogP contribution in [0.15, 0.2) is 30.3 Å². The fourth-order valence-electron chi connectivity index (χ4n) is 1.45. The molecule has 1 aromatic carbocycles. The molecule has 0 bridgehead atoms. The van der Waals surface area contributed by atoms with Gasteiger partial charge in [-0.05, 0) is 53.8 Å². The Morgan fingerprint density at radius 1 is 1.33 bits per heavy atom. The van der Waals surface area contributed by atoms with Gasteiger partial charge in [-0.25, -0.2) is 9.97 Å². The maximum Gasteiger partial charge on any atom is 0.228 e. The number of nitrogens with one attached hydrogen (secondary N) is 1. The highest BCUT2D eigenvalue weighted by Crippen LogP contribution is 2.16. The Kier molecular flexibility index (Phi) is 4.07. The van der Waals surface area contributed by atoms with Crippen LogP contribution in [0.4, 0.5) is 11.6 Å². The van der Waals surface area contributed by atoms with Crippen LogP contribution in [-0.2, 0) is 0 Å². The van der Waals surface area contributed by atoms with Gasteiger partial charge in [0.1, 0.15) is 10.7 Å². The van der Waals surface area contributed by atoms with Crippen LogP contribution < -0.4 is 11.1 Å². The molecule has 1 heterocycles. The summed E-state index contributed by atoms with van der Waals surface area (Å²) in [5.41, 5.74) is 7.91. The zero-order valence-corrected chi connectivity index (χ0v) is 12.6. The van der Waals surface area contributed by atoms with Crippen molar-refractivity contribution in [2.24, 2.45) is 5.73 Å². The summed E-state index contributed by atoms with van der Waals surface area (Å²) in [6.07, 6.45) is 0. The maximum atomic E-state index is 5.58. The van der Waals surface area contributed by atoms with E-state index < -0.39 is 0 Å². The largest absolute Gasteiger partial charge is 0.388 e. The third kappa shape index (κ3) is 3.36. The number of nitrogens with zero attached hydrogens (tertiary/aromatic N) is 2. The topological polar surface area (TPSA) is 63.8 Å². The lowest BCUT2D eigenvalue weighted by atomic mass is 10.3. The molecule has 0 aliphatic carbocycles. The van der Waals surface area contributed by atoms with Crippen molar-refractivity contribution in [3.63, 3.8) is 0 Å². The van der Waals surface area contributed by atoms with Gasteiger partial charge in [-0.1, -0.05) is 18.3 Å². The first-order valence-corrected chi connectivity index (χ1v) is 6.71. The Balaban J connectivity index is 2.31. The molecule has 0 atom stereocenters. The van der Waals surface area contributed by atoms with Gasteiger partial charge in [0.15, 0.2) is 0 Å². The number of aromatic nitrogens is 2. The summed E-state index contributed by atoms with van der Waals surface area (Å²) >= 11 is 7.18. The first kappa shape index (κ1) is 13.2. The van der Waals surface area contributed by atoms with Crippen LogP contribution in [0.2, 0.25) is 0 Å². The van der Waals surface area contributed by atoms with E-state index in [4.69, 9.17) is 18.0 Å². The van der Waals surface area contributed by atoms with Crippen molar-refractivity contribution in [3.8, 4) is 0 Å². The smallest absolute Gasteiger partial charge is 0.228 e. The molecule has 0 saturated carbocycles. The lowest BCUT2D eigenvalue weighted by Gasteiger charge is -2.07. The van der Waals surface area contributed by atoms with E-state index in [1.165, 1.54) is 0 Å². The van der Waals surface area contributed by atoms with Crippen LogP contribution in [0.1, 0.15) is 11.4 Å². The molecule has 2 aromatic rings. The van der Waals surface area contributed by atoms with E-state index in [1.807, 2.05) is 31.2 Å². The predicted molar refractivity (Wildman–Crippen MR) is 85.1 cm³/mol. The van der Waals surface area contributed by atoms with Crippen LogP contribution in [0.5, 0.6) is 0 Å². The molecule has 18 heavy (non-hydrogen) atoms. The second-order valence-electron chi connectivity index (χ2n) is 3.72. The molecule has 3 N–H and O–H groups in total. The van der Waals surface area contributed by atoms with Gasteiger partial charge in [-0.15, -0.1) is 0 Å². The Morgan fingerprint density at radius 2 is 2.11 bits per heavy atom. The molecule has 0 radical (unpaired) electrons. The van der Waals surface area contributed by atoms with Crippen molar-refractivity contribution in [2.45, 2.75) is 6.92 Å². The number of anilines is 2. The molecule has 0 amide bonds. The Hall–Kier alpha value is -1.28. The van der Waals surface area contributed by atoms with Gasteiger partial charge in [0.2, 0.25) is 5.95 Å². The fraction of sp³-hybridized carbons (Fsp3) is 0.0833. The molecule has 0 unspecified atom stereocenters. The van der Waals surface area contributed by atoms with Gasteiger partial charge in [0.25, 0.3) is 0 Å². The molecule has 92 valence electrons. The molecule has 0 aliphatic rings. The maximum absolute atomic E-state index is 5.58. The number of nitrogens with two attached hydrogens (primary N) is 1.